The van der Waals surface area contributed by atoms with Crippen molar-refractivity contribution in [2.24, 2.45) is 11.8 Å². The van der Waals surface area contributed by atoms with Crippen LogP contribution in [0, 0.1) is 11.8 Å². The van der Waals surface area contributed by atoms with Crippen LogP contribution in [0.4, 0.5) is 0 Å². The van der Waals surface area contributed by atoms with Crippen molar-refractivity contribution in [2.75, 3.05) is 0 Å². The van der Waals surface area contributed by atoms with E-state index >= 15 is 0 Å². The van der Waals surface area contributed by atoms with Gasteiger partial charge in [0.05, 0.1) is 11.8 Å². The first-order valence-corrected chi connectivity index (χ1v) is 9.26. The maximum Gasteiger partial charge on any atom is 0.314 e. The SMILES string of the molecule is O=C(Oc1ccc(OC(=O)C2CCCCC2)cc1)C1CCCCC1. The molecule has 2 aliphatic carbocycles. The molecule has 2 aliphatic rings. The summed E-state index contributed by atoms with van der Waals surface area (Å²) in [5.74, 6) is 0.819. The highest BCUT2D eigenvalue weighted by atomic mass is 16.5. The number of benzene rings is 1. The highest BCUT2D eigenvalue weighted by Crippen LogP contribution is 2.28. The number of carbonyl (C=O) groups excluding carboxylic acids is 2. The highest BCUT2D eigenvalue weighted by Gasteiger charge is 2.24. The van der Waals surface area contributed by atoms with Crippen LogP contribution in [0.1, 0.15) is 64.2 Å². The minimum atomic E-state index is -0.137. The average molecular weight is 330 g/mol. The van der Waals surface area contributed by atoms with Crippen LogP contribution in [0.5, 0.6) is 11.5 Å². The molecule has 0 aliphatic heterocycles. The molecule has 24 heavy (non-hydrogen) atoms. The largest absolute Gasteiger partial charge is 0.426 e. The van der Waals surface area contributed by atoms with E-state index in [9.17, 15) is 9.59 Å². The van der Waals surface area contributed by atoms with Crippen molar-refractivity contribution in [2.45, 2.75) is 64.2 Å². The van der Waals surface area contributed by atoms with E-state index in [2.05, 4.69) is 0 Å². The Kier molecular flexibility index (Phi) is 5.89. The molecule has 3 rings (SSSR count). The number of carbonyl (C=O) groups is 2. The Morgan fingerprint density at radius 3 is 1.29 bits per heavy atom. The molecule has 130 valence electrons. The van der Waals surface area contributed by atoms with Gasteiger partial charge in [-0.1, -0.05) is 38.5 Å². The van der Waals surface area contributed by atoms with Crippen LogP contribution >= 0.6 is 0 Å². The summed E-state index contributed by atoms with van der Waals surface area (Å²) < 4.78 is 10.9. The van der Waals surface area contributed by atoms with Crippen LogP contribution in [-0.4, -0.2) is 11.9 Å². The summed E-state index contributed by atoms with van der Waals surface area (Å²) >= 11 is 0. The molecule has 0 amide bonds. The molecular formula is C20H26O4. The van der Waals surface area contributed by atoms with Gasteiger partial charge in [0.2, 0.25) is 0 Å². The molecule has 0 heterocycles. The Hall–Kier alpha value is -1.84. The van der Waals surface area contributed by atoms with Crippen molar-refractivity contribution >= 4 is 11.9 Å². The molecule has 2 saturated carbocycles. The Labute approximate surface area is 143 Å². The maximum atomic E-state index is 12.1. The zero-order chi connectivity index (χ0) is 16.8. The van der Waals surface area contributed by atoms with Gasteiger partial charge in [-0.3, -0.25) is 9.59 Å². The van der Waals surface area contributed by atoms with Gasteiger partial charge in [0, 0.05) is 0 Å². The molecular weight excluding hydrogens is 304 g/mol. The first-order chi connectivity index (χ1) is 11.7. The van der Waals surface area contributed by atoms with Crippen molar-refractivity contribution in [1.29, 1.82) is 0 Å². The predicted octanol–water partition coefficient (Wildman–Crippen LogP) is 4.66. The number of rotatable bonds is 4. The number of ether oxygens (including phenoxy) is 2. The van der Waals surface area contributed by atoms with Gasteiger partial charge in [0.1, 0.15) is 11.5 Å². The topological polar surface area (TPSA) is 52.6 Å². The van der Waals surface area contributed by atoms with E-state index in [4.69, 9.17) is 9.47 Å². The first-order valence-electron chi connectivity index (χ1n) is 9.26. The Bertz CT molecular complexity index is 501. The van der Waals surface area contributed by atoms with E-state index in [1.165, 1.54) is 12.8 Å². The van der Waals surface area contributed by atoms with E-state index in [0.717, 1.165) is 51.4 Å². The Morgan fingerprint density at radius 1 is 0.625 bits per heavy atom. The second kappa shape index (κ2) is 8.32. The molecule has 0 radical (unpaired) electrons. The molecule has 1 aromatic rings. The van der Waals surface area contributed by atoms with E-state index in [-0.39, 0.29) is 23.8 Å². The third-order valence-corrected chi connectivity index (χ3v) is 5.14. The minimum absolute atomic E-state index is 0.0301. The molecule has 0 atom stereocenters. The lowest BCUT2D eigenvalue weighted by molar-refractivity contribution is -0.141. The molecule has 4 nitrogen and oxygen atoms in total. The van der Waals surface area contributed by atoms with Crippen LogP contribution in [0.3, 0.4) is 0 Å². The normalized spacial score (nSPS) is 19.7. The number of esters is 2. The zero-order valence-corrected chi connectivity index (χ0v) is 14.2. The van der Waals surface area contributed by atoms with E-state index in [0.29, 0.717) is 11.5 Å². The summed E-state index contributed by atoms with van der Waals surface area (Å²) in [7, 11) is 0. The third-order valence-electron chi connectivity index (χ3n) is 5.14. The number of hydrogen-bond acceptors (Lipinski definition) is 4. The monoisotopic (exact) mass is 330 g/mol. The molecule has 2 fully saturated rings. The molecule has 0 saturated heterocycles. The zero-order valence-electron chi connectivity index (χ0n) is 14.2. The maximum absolute atomic E-state index is 12.1. The summed E-state index contributed by atoms with van der Waals surface area (Å²) in [6.45, 7) is 0. The fraction of sp³-hybridized carbons (Fsp3) is 0.600. The molecule has 0 bridgehead atoms. The van der Waals surface area contributed by atoms with Crippen LogP contribution in [-0.2, 0) is 9.59 Å². The van der Waals surface area contributed by atoms with Crippen LogP contribution in [0.25, 0.3) is 0 Å². The summed E-state index contributed by atoms with van der Waals surface area (Å²) in [5.41, 5.74) is 0. The lowest BCUT2D eigenvalue weighted by atomic mass is 9.89. The van der Waals surface area contributed by atoms with Gasteiger partial charge in [-0.15, -0.1) is 0 Å². The van der Waals surface area contributed by atoms with E-state index in [1.54, 1.807) is 24.3 Å². The fourth-order valence-electron chi connectivity index (χ4n) is 3.65. The van der Waals surface area contributed by atoms with Gasteiger partial charge in [-0.25, -0.2) is 0 Å². The molecule has 0 spiro atoms. The van der Waals surface area contributed by atoms with Gasteiger partial charge >= 0.3 is 11.9 Å². The predicted molar refractivity (Wildman–Crippen MR) is 90.9 cm³/mol. The Balaban J connectivity index is 1.51. The second-order valence-corrected chi connectivity index (χ2v) is 6.98. The van der Waals surface area contributed by atoms with Gasteiger partial charge in [-0.05, 0) is 49.9 Å². The van der Waals surface area contributed by atoms with Gasteiger partial charge < -0.3 is 9.47 Å². The lowest BCUT2D eigenvalue weighted by Crippen LogP contribution is -2.23. The van der Waals surface area contributed by atoms with Crippen molar-refractivity contribution in [3.8, 4) is 11.5 Å². The van der Waals surface area contributed by atoms with Gasteiger partial charge in [0.25, 0.3) is 0 Å². The second-order valence-electron chi connectivity index (χ2n) is 6.98. The summed E-state index contributed by atoms with van der Waals surface area (Å²) in [6, 6.07) is 6.79. The van der Waals surface area contributed by atoms with E-state index < -0.39 is 0 Å². The fourth-order valence-corrected chi connectivity index (χ4v) is 3.65. The highest BCUT2D eigenvalue weighted by molar-refractivity contribution is 5.76. The Morgan fingerprint density at radius 2 is 0.958 bits per heavy atom. The average Bonchev–Trinajstić information content (AvgIpc) is 2.65. The molecule has 0 aromatic heterocycles. The van der Waals surface area contributed by atoms with Crippen molar-refractivity contribution in [1.82, 2.24) is 0 Å². The summed E-state index contributed by atoms with van der Waals surface area (Å²) in [6.07, 6.45) is 10.6. The van der Waals surface area contributed by atoms with Crippen molar-refractivity contribution in [3.05, 3.63) is 24.3 Å². The molecule has 1 aromatic carbocycles. The smallest absolute Gasteiger partial charge is 0.314 e. The summed E-state index contributed by atoms with van der Waals surface area (Å²) in [4.78, 5) is 24.3. The minimum Gasteiger partial charge on any atom is -0.426 e. The van der Waals surface area contributed by atoms with E-state index in [1.807, 2.05) is 0 Å². The van der Waals surface area contributed by atoms with Crippen molar-refractivity contribution in [3.63, 3.8) is 0 Å². The lowest BCUT2D eigenvalue weighted by Gasteiger charge is -2.20. The quantitative estimate of drug-likeness (QED) is 0.595. The van der Waals surface area contributed by atoms with Crippen LogP contribution in [0.2, 0.25) is 0 Å². The standard InChI is InChI=1S/C20H26O4/c21-19(15-7-3-1-4-8-15)23-17-11-13-18(14-12-17)24-20(22)16-9-5-2-6-10-16/h11-16H,1-10H2. The first kappa shape index (κ1) is 17.0. The number of hydrogen-bond donors (Lipinski definition) is 0. The van der Waals surface area contributed by atoms with Gasteiger partial charge in [0.15, 0.2) is 0 Å². The third kappa shape index (κ3) is 4.59. The van der Waals surface area contributed by atoms with Gasteiger partial charge in [-0.2, -0.15) is 0 Å². The summed E-state index contributed by atoms with van der Waals surface area (Å²) in [5, 5.41) is 0. The molecule has 4 heteroatoms. The molecule has 0 N–H and O–H groups in total. The molecule has 0 unspecified atom stereocenters. The van der Waals surface area contributed by atoms with Crippen LogP contribution < -0.4 is 9.47 Å². The van der Waals surface area contributed by atoms with Crippen LogP contribution in [0.15, 0.2) is 24.3 Å². The van der Waals surface area contributed by atoms with Crippen molar-refractivity contribution < 1.29 is 19.1 Å².